The van der Waals surface area contributed by atoms with E-state index in [4.69, 9.17) is 21.4 Å². The molecule has 1 N–H and O–H groups in total. The Kier molecular flexibility index (Phi) is 5.04. The lowest BCUT2D eigenvalue weighted by Gasteiger charge is -2.21. The van der Waals surface area contributed by atoms with Gasteiger partial charge in [-0.3, -0.25) is 0 Å². The number of hydrogen-bond acceptors (Lipinski definition) is 2. The Hall–Kier alpha value is 0.210. The molecule has 62 valence electrons. The van der Waals surface area contributed by atoms with Crippen LogP contribution in [0.2, 0.25) is 0 Å². The minimum Gasteiger partial charge on any atom is -0.394 e. The van der Waals surface area contributed by atoms with Crippen molar-refractivity contribution < 1.29 is 9.84 Å². The smallest absolute Gasteiger partial charge is 0.139 e. The Balaban J connectivity index is 3.42. The van der Waals surface area contributed by atoms with Crippen LogP contribution in [0.5, 0.6) is 0 Å². The number of aliphatic hydroxyl groups is 1. The van der Waals surface area contributed by atoms with Crippen molar-refractivity contribution in [2.75, 3.05) is 13.2 Å². The topological polar surface area (TPSA) is 29.5 Å². The largest absolute Gasteiger partial charge is 0.394 e. The summed E-state index contributed by atoms with van der Waals surface area (Å²) in [7, 11) is 0. The van der Waals surface area contributed by atoms with Crippen molar-refractivity contribution >= 4 is 11.6 Å². The molecular formula is C7H15ClO2. The molecule has 0 fully saturated rings. The van der Waals surface area contributed by atoms with Crippen LogP contribution in [-0.4, -0.2) is 23.4 Å². The third-order valence-corrected chi connectivity index (χ3v) is 1.49. The molecule has 0 spiro atoms. The molecule has 0 heterocycles. The zero-order chi connectivity index (χ0) is 8.04. The number of hydrogen-bond donors (Lipinski definition) is 1. The average molecular weight is 167 g/mol. The van der Waals surface area contributed by atoms with Gasteiger partial charge in [0.05, 0.1) is 13.2 Å². The van der Waals surface area contributed by atoms with Gasteiger partial charge in [-0.1, -0.05) is 24.9 Å². The molecule has 0 aliphatic rings. The number of halogens is 1. The fourth-order valence-corrected chi connectivity index (χ4v) is 1.04. The number of aliphatic hydroxyl groups excluding tert-OH is 1. The summed E-state index contributed by atoms with van der Waals surface area (Å²) in [5.41, 5.74) is 0. The monoisotopic (exact) mass is 166 g/mol. The summed E-state index contributed by atoms with van der Waals surface area (Å²) in [5, 5.41) is 7.83. The van der Waals surface area contributed by atoms with Crippen LogP contribution in [0.15, 0.2) is 0 Å². The summed E-state index contributed by atoms with van der Waals surface area (Å²) in [4.78, 5) is 0. The first kappa shape index (κ1) is 10.2. The Morgan fingerprint density at radius 1 is 1.60 bits per heavy atom. The third-order valence-electron chi connectivity index (χ3n) is 1.19. The molecule has 0 radical (unpaired) electrons. The van der Waals surface area contributed by atoms with Crippen LogP contribution in [0, 0.1) is 0 Å². The van der Waals surface area contributed by atoms with E-state index in [1.165, 1.54) is 0 Å². The van der Waals surface area contributed by atoms with Gasteiger partial charge in [0.15, 0.2) is 0 Å². The van der Waals surface area contributed by atoms with Crippen LogP contribution in [0.25, 0.3) is 0 Å². The second-order valence-electron chi connectivity index (χ2n) is 2.42. The van der Waals surface area contributed by atoms with Crippen molar-refractivity contribution in [1.82, 2.24) is 0 Å². The first-order valence-electron chi connectivity index (χ1n) is 3.56. The predicted octanol–water partition coefficient (Wildman–Crippen LogP) is 1.75. The zero-order valence-electron chi connectivity index (χ0n) is 6.56. The van der Waals surface area contributed by atoms with E-state index in [9.17, 15) is 0 Å². The first-order valence-corrected chi connectivity index (χ1v) is 3.94. The normalized spacial score (nSPS) is 16.8. The molecular weight excluding hydrogens is 152 g/mol. The molecule has 0 aromatic rings. The predicted molar refractivity (Wildman–Crippen MR) is 42.2 cm³/mol. The molecule has 0 rings (SSSR count). The maximum Gasteiger partial charge on any atom is 0.139 e. The Morgan fingerprint density at radius 2 is 2.20 bits per heavy atom. The molecule has 2 nitrogen and oxygen atoms in total. The molecule has 0 aliphatic carbocycles. The van der Waals surface area contributed by atoms with Crippen molar-refractivity contribution in [3.05, 3.63) is 0 Å². The van der Waals surface area contributed by atoms with E-state index in [1.54, 1.807) is 0 Å². The molecule has 0 amide bonds. The highest BCUT2D eigenvalue weighted by atomic mass is 35.5. The quantitative estimate of drug-likeness (QED) is 0.631. The minimum absolute atomic E-state index is 0.0338. The van der Waals surface area contributed by atoms with Crippen LogP contribution in [0.4, 0.5) is 0 Å². The Labute approximate surface area is 67.1 Å². The molecule has 3 heteroatoms. The fraction of sp³-hybridized carbons (Fsp3) is 1.00. The first-order chi connectivity index (χ1) is 4.62. The van der Waals surface area contributed by atoms with Gasteiger partial charge >= 0.3 is 0 Å². The standard InChI is InChI=1S/C7H15ClO2/c1-3-4-7(2,8)10-6-5-9/h9H,3-6H2,1-2H3. The van der Waals surface area contributed by atoms with E-state index in [1.807, 2.05) is 13.8 Å². The summed E-state index contributed by atoms with van der Waals surface area (Å²) in [6, 6.07) is 0. The van der Waals surface area contributed by atoms with Gasteiger partial charge in [-0.25, -0.2) is 0 Å². The van der Waals surface area contributed by atoms with Crippen molar-refractivity contribution in [3.8, 4) is 0 Å². The number of rotatable bonds is 5. The van der Waals surface area contributed by atoms with Crippen LogP contribution < -0.4 is 0 Å². The summed E-state index contributed by atoms with van der Waals surface area (Å²) in [6.45, 7) is 4.21. The summed E-state index contributed by atoms with van der Waals surface area (Å²) < 4.78 is 5.13. The van der Waals surface area contributed by atoms with Gasteiger partial charge in [-0.2, -0.15) is 0 Å². The SMILES string of the molecule is CCCC(C)(Cl)OCCO. The van der Waals surface area contributed by atoms with Gasteiger partial charge in [0.25, 0.3) is 0 Å². The molecule has 1 atom stereocenters. The second-order valence-corrected chi connectivity index (χ2v) is 3.22. The molecule has 0 aliphatic heterocycles. The van der Waals surface area contributed by atoms with Crippen LogP contribution in [0.1, 0.15) is 26.7 Å². The zero-order valence-corrected chi connectivity index (χ0v) is 7.32. The fourth-order valence-electron chi connectivity index (χ4n) is 0.777. The average Bonchev–Trinajstić information content (AvgIpc) is 1.84. The lowest BCUT2D eigenvalue weighted by molar-refractivity contribution is 0.00575. The van der Waals surface area contributed by atoms with Crippen molar-refractivity contribution in [2.24, 2.45) is 0 Å². The van der Waals surface area contributed by atoms with E-state index in [-0.39, 0.29) is 6.61 Å². The maximum absolute atomic E-state index is 8.41. The third kappa shape index (κ3) is 5.03. The van der Waals surface area contributed by atoms with Crippen LogP contribution >= 0.6 is 11.6 Å². The van der Waals surface area contributed by atoms with Crippen LogP contribution in [0.3, 0.4) is 0 Å². The van der Waals surface area contributed by atoms with Gasteiger partial charge in [0, 0.05) is 0 Å². The number of ether oxygens (including phenoxy) is 1. The molecule has 0 saturated carbocycles. The van der Waals surface area contributed by atoms with Gasteiger partial charge < -0.3 is 9.84 Å². The second kappa shape index (κ2) is 4.94. The molecule has 0 aromatic heterocycles. The molecule has 10 heavy (non-hydrogen) atoms. The molecule has 0 bridgehead atoms. The van der Waals surface area contributed by atoms with Crippen molar-refractivity contribution in [2.45, 2.75) is 31.7 Å². The van der Waals surface area contributed by atoms with E-state index in [2.05, 4.69) is 0 Å². The number of alkyl halides is 1. The van der Waals surface area contributed by atoms with E-state index >= 15 is 0 Å². The van der Waals surface area contributed by atoms with Gasteiger partial charge in [-0.05, 0) is 13.3 Å². The molecule has 0 aromatic carbocycles. The van der Waals surface area contributed by atoms with Gasteiger partial charge in [-0.15, -0.1) is 0 Å². The van der Waals surface area contributed by atoms with E-state index in [0.717, 1.165) is 12.8 Å². The van der Waals surface area contributed by atoms with E-state index < -0.39 is 5.06 Å². The van der Waals surface area contributed by atoms with Crippen molar-refractivity contribution in [3.63, 3.8) is 0 Å². The highest BCUT2D eigenvalue weighted by Gasteiger charge is 2.18. The van der Waals surface area contributed by atoms with E-state index in [0.29, 0.717) is 6.61 Å². The van der Waals surface area contributed by atoms with Gasteiger partial charge in [0.2, 0.25) is 0 Å². The lowest BCUT2D eigenvalue weighted by Crippen LogP contribution is -2.22. The summed E-state index contributed by atoms with van der Waals surface area (Å²) in [5.74, 6) is 0. The van der Waals surface area contributed by atoms with Crippen LogP contribution in [-0.2, 0) is 4.74 Å². The highest BCUT2D eigenvalue weighted by molar-refractivity contribution is 6.22. The molecule has 1 unspecified atom stereocenters. The summed E-state index contributed by atoms with van der Waals surface area (Å²) >= 11 is 5.88. The lowest BCUT2D eigenvalue weighted by atomic mass is 10.2. The maximum atomic E-state index is 8.41. The molecule has 0 saturated heterocycles. The summed E-state index contributed by atoms with van der Waals surface area (Å²) in [6.07, 6.45) is 1.81. The highest BCUT2D eigenvalue weighted by Crippen LogP contribution is 2.21. The Morgan fingerprint density at radius 3 is 2.60 bits per heavy atom. The minimum atomic E-state index is -0.586. The van der Waals surface area contributed by atoms with Gasteiger partial charge in [0.1, 0.15) is 5.06 Å². The van der Waals surface area contributed by atoms with Crippen molar-refractivity contribution in [1.29, 1.82) is 0 Å². The Bertz CT molecular complexity index is 83.7.